The molecule has 0 aromatic heterocycles. The third kappa shape index (κ3) is 8.55. The van der Waals surface area contributed by atoms with Crippen LogP contribution >= 0.6 is 0 Å². The molecular weight excluding hydrogens is 244 g/mol. The smallest absolute Gasteiger partial charge is 0.0701 e. The van der Waals surface area contributed by atoms with Crippen molar-refractivity contribution in [2.75, 3.05) is 66.3 Å². The molecule has 0 aliphatic carbocycles. The molecule has 1 atom stereocenters. The van der Waals surface area contributed by atoms with Gasteiger partial charge < -0.3 is 19.5 Å². The minimum Gasteiger partial charge on any atom is -0.382 e. The van der Waals surface area contributed by atoms with Gasteiger partial charge in [0.1, 0.15) is 0 Å². The van der Waals surface area contributed by atoms with Gasteiger partial charge in [-0.05, 0) is 25.9 Å². The largest absolute Gasteiger partial charge is 0.382 e. The van der Waals surface area contributed by atoms with Gasteiger partial charge in [0.2, 0.25) is 0 Å². The fraction of sp³-hybridized carbons (Fsp3) is 1.00. The molecule has 0 saturated carbocycles. The van der Waals surface area contributed by atoms with Gasteiger partial charge in [-0.3, -0.25) is 4.90 Å². The Morgan fingerprint density at radius 1 is 1.11 bits per heavy atom. The van der Waals surface area contributed by atoms with Crippen LogP contribution in [0, 0.1) is 0 Å². The first-order chi connectivity index (χ1) is 9.36. The highest BCUT2D eigenvalue weighted by Crippen LogP contribution is 2.06. The molecule has 1 aliphatic heterocycles. The lowest BCUT2D eigenvalue weighted by molar-refractivity contribution is 0.0194. The monoisotopic (exact) mass is 274 g/mol. The molecule has 114 valence electrons. The van der Waals surface area contributed by atoms with Crippen molar-refractivity contribution in [3.05, 3.63) is 0 Å². The van der Waals surface area contributed by atoms with E-state index in [-0.39, 0.29) is 0 Å². The number of rotatable bonds is 12. The summed E-state index contributed by atoms with van der Waals surface area (Å²) >= 11 is 0. The Balaban J connectivity index is 1.91. The van der Waals surface area contributed by atoms with Gasteiger partial charge in [0.15, 0.2) is 0 Å². The van der Waals surface area contributed by atoms with Crippen LogP contribution in [-0.2, 0) is 14.2 Å². The SMILES string of the molecule is CCN(CCOCCOCCOC)CC1CCCN1. The summed E-state index contributed by atoms with van der Waals surface area (Å²) in [6.45, 7) is 10.0. The maximum atomic E-state index is 5.58. The van der Waals surface area contributed by atoms with Crippen LogP contribution < -0.4 is 5.32 Å². The van der Waals surface area contributed by atoms with Gasteiger partial charge in [0, 0.05) is 26.2 Å². The van der Waals surface area contributed by atoms with Crippen LogP contribution in [0.25, 0.3) is 0 Å². The number of hydrogen-bond donors (Lipinski definition) is 1. The van der Waals surface area contributed by atoms with Crippen LogP contribution in [0.1, 0.15) is 19.8 Å². The first kappa shape index (κ1) is 16.9. The van der Waals surface area contributed by atoms with Gasteiger partial charge in [-0.2, -0.15) is 0 Å². The van der Waals surface area contributed by atoms with E-state index in [9.17, 15) is 0 Å². The molecule has 0 radical (unpaired) electrons. The molecule has 1 rings (SSSR count). The van der Waals surface area contributed by atoms with E-state index in [1.165, 1.54) is 19.4 Å². The maximum absolute atomic E-state index is 5.58. The van der Waals surface area contributed by atoms with Crippen molar-refractivity contribution in [3.8, 4) is 0 Å². The average Bonchev–Trinajstić information content (AvgIpc) is 2.93. The van der Waals surface area contributed by atoms with Crippen molar-refractivity contribution >= 4 is 0 Å². The molecule has 1 fully saturated rings. The van der Waals surface area contributed by atoms with Crippen molar-refractivity contribution in [3.63, 3.8) is 0 Å². The fourth-order valence-electron chi connectivity index (χ4n) is 2.26. The summed E-state index contributed by atoms with van der Waals surface area (Å²) in [6, 6.07) is 0.678. The van der Waals surface area contributed by atoms with Crippen LogP contribution in [0.3, 0.4) is 0 Å². The summed E-state index contributed by atoms with van der Waals surface area (Å²) in [6.07, 6.45) is 2.63. The third-order valence-corrected chi connectivity index (χ3v) is 3.44. The van der Waals surface area contributed by atoms with Crippen LogP contribution in [0.2, 0.25) is 0 Å². The van der Waals surface area contributed by atoms with Gasteiger partial charge in [0.25, 0.3) is 0 Å². The summed E-state index contributed by atoms with van der Waals surface area (Å²) in [5, 5.41) is 3.54. The minimum absolute atomic E-state index is 0.647. The summed E-state index contributed by atoms with van der Waals surface area (Å²) < 4.78 is 15.8. The molecule has 5 nitrogen and oxygen atoms in total. The number of methoxy groups -OCH3 is 1. The number of likely N-dealkylation sites (N-methyl/N-ethyl adjacent to an activating group) is 1. The third-order valence-electron chi connectivity index (χ3n) is 3.44. The lowest BCUT2D eigenvalue weighted by Crippen LogP contribution is -2.39. The van der Waals surface area contributed by atoms with E-state index in [4.69, 9.17) is 14.2 Å². The predicted molar refractivity (Wildman–Crippen MR) is 76.7 cm³/mol. The molecule has 1 N–H and O–H groups in total. The molecule has 0 bridgehead atoms. The Kier molecular flexibility index (Phi) is 10.3. The van der Waals surface area contributed by atoms with Gasteiger partial charge in [-0.25, -0.2) is 0 Å². The summed E-state index contributed by atoms with van der Waals surface area (Å²) in [7, 11) is 1.68. The molecule has 0 aromatic rings. The number of ether oxygens (including phenoxy) is 3. The Morgan fingerprint density at radius 3 is 2.47 bits per heavy atom. The van der Waals surface area contributed by atoms with Crippen LogP contribution in [0.5, 0.6) is 0 Å². The maximum Gasteiger partial charge on any atom is 0.0701 e. The second-order valence-corrected chi connectivity index (χ2v) is 4.90. The van der Waals surface area contributed by atoms with Crippen molar-refractivity contribution < 1.29 is 14.2 Å². The second-order valence-electron chi connectivity index (χ2n) is 4.90. The van der Waals surface area contributed by atoms with E-state index in [2.05, 4.69) is 17.1 Å². The lowest BCUT2D eigenvalue weighted by atomic mass is 10.2. The average molecular weight is 274 g/mol. The number of nitrogens with zero attached hydrogens (tertiary/aromatic N) is 1. The summed E-state index contributed by atoms with van der Waals surface area (Å²) in [4.78, 5) is 2.45. The molecular formula is C14H30N2O3. The first-order valence-electron chi connectivity index (χ1n) is 7.47. The van der Waals surface area contributed by atoms with Crippen molar-refractivity contribution in [2.24, 2.45) is 0 Å². The number of nitrogens with one attached hydrogen (secondary N) is 1. The van der Waals surface area contributed by atoms with Crippen molar-refractivity contribution in [2.45, 2.75) is 25.8 Å². The lowest BCUT2D eigenvalue weighted by Gasteiger charge is -2.24. The standard InChI is InChI=1S/C14H30N2O3/c1-3-16(13-14-5-4-6-15-14)7-8-18-11-12-19-10-9-17-2/h14-15H,3-13H2,1-2H3. The van der Waals surface area contributed by atoms with Crippen molar-refractivity contribution in [1.29, 1.82) is 0 Å². The Labute approximate surface area is 117 Å². The van der Waals surface area contributed by atoms with E-state index in [0.717, 1.165) is 26.2 Å². The molecule has 1 unspecified atom stereocenters. The molecule has 0 spiro atoms. The molecule has 1 aliphatic rings. The van der Waals surface area contributed by atoms with Crippen LogP contribution in [0.15, 0.2) is 0 Å². The van der Waals surface area contributed by atoms with Gasteiger partial charge in [-0.1, -0.05) is 6.92 Å². The topological polar surface area (TPSA) is 43.0 Å². The van der Waals surface area contributed by atoms with Crippen LogP contribution in [-0.4, -0.2) is 77.3 Å². The summed E-state index contributed by atoms with van der Waals surface area (Å²) in [5.74, 6) is 0. The van der Waals surface area contributed by atoms with Gasteiger partial charge >= 0.3 is 0 Å². The van der Waals surface area contributed by atoms with Gasteiger partial charge in [0.05, 0.1) is 33.0 Å². The van der Waals surface area contributed by atoms with Gasteiger partial charge in [-0.15, -0.1) is 0 Å². The molecule has 5 heteroatoms. The highest BCUT2D eigenvalue weighted by molar-refractivity contribution is 4.77. The molecule has 0 aromatic carbocycles. The molecule has 1 heterocycles. The molecule has 19 heavy (non-hydrogen) atoms. The first-order valence-corrected chi connectivity index (χ1v) is 7.47. The zero-order valence-electron chi connectivity index (χ0n) is 12.5. The predicted octanol–water partition coefficient (Wildman–Crippen LogP) is 0.740. The Hall–Kier alpha value is -0.200. The van der Waals surface area contributed by atoms with E-state index < -0.39 is 0 Å². The van der Waals surface area contributed by atoms with E-state index in [0.29, 0.717) is 32.5 Å². The van der Waals surface area contributed by atoms with E-state index in [1.807, 2.05) is 0 Å². The Morgan fingerprint density at radius 2 is 1.84 bits per heavy atom. The van der Waals surface area contributed by atoms with E-state index >= 15 is 0 Å². The minimum atomic E-state index is 0.647. The van der Waals surface area contributed by atoms with Crippen LogP contribution in [0.4, 0.5) is 0 Å². The van der Waals surface area contributed by atoms with E-state index in [1.54, 1.807) is 7.11 Å². The Bertz CT molecular complexity index is 199. The quantitative estimate of drug-likeness (QED) is 0.532. The zero-order chi connectivity index (χ0) is 13.8. The summed E-state index contributed by atoms with van der Waals surface area (Å²) in [5.41, 5.74) is 0. The van der Waals surface area contributed by atoms with Crippen molar-refractivity contribution in [1.82, 2.24) is 10.2 Å². The zero-order valence-corrected chi connectivity index (χ0v) is 12.5. The fourth-order valence-corrected chi connectivity index (χ4v) is 2.26. The highest BCUT2D eigenvalue weighted by Gasteiger charge is 2.16. The molecule has 0 amide bonds. The normalized spacial score (nSPS) is 19.4. The highest BCUT2D eigenvalue weighted by atomic mass is 16.5. The number of hydrogen-bond acceptors (Lipinski definition) is 5. The molecule has 1 saturated heterocycles. The second kappa shape index (κ2) is 11.6.